The predicted molar refractivity (Wildman–Crippen MR) is 64.1 cm³/mol. The summed E-state index contributed by atoms with van der Waals surface area (Å²) in [4.78, 5) is 4.00. The van der Waals surface area contributed by atoms with Crippen LogP contribution in [0.15, 0.2) is 18.2 Å². The van der Waals surface area contributed by atoms with Crippen molar-refractivity contribution in [1.82, 2.24) is 9.55 Å². The number of benzene rings is 1. The minimum absolute atomic E-state index is 0.103. The van der Waals surface area contributed by atoms with Crippen molar-refractivity contribution in [3.05, 3.63) is 23.8 Å². The Kier molecular flexibility index (Phi) is 2.96. The molecule has 2 N–H and O–H groups in total. The molecule has 6 heteroatoms. The van der Waals surface area contributed by atoms with Crippen LogP contribution in [0.4, 0.5) is 19.1 Å². The number of nitrogen functional groups attached to an aromatic ring is 1. The molecule has 3 nitrogen and oxygen atoms in total. The lowest BCUT2D eigenvalue weighted by Gasteiger charge is -2.13. The van der Waals surface area contributed by atoms with Gasteiger partial charge in [0.15, 0.2) is 0 Å². The van der Waals surface area contributed by atoms with Crippen LogP contribution < -0.4 is 5.73 Å². The number of alkyl halides is 3. The molecule has 18 heavy (non-hydrogen) atoms. The maximum absolute atomic E-state index is 12.6. The van der Waals surface area contributed by atoms with Crippen molar-refractivity contribution in [3.63, 3.8) is 0 Å². The van der Waals surface area contributed by atoms with Gasteiger partial charge in [0, 0.05) is 6.04 Å². The number of imidazole rings is 1. The van der Waals surface area contributed by atoms with Gasteiger partial charge in [-0.1, -0.05) is 6.92 Å². The van der Waals surface area contributed by atoms with Crippen molar-refractivity contribution in [3.8, 4) is 0 Å². The first kappa shape index (κ1) is 12.7. The lowest BCUT2D eigenvalue weighted by molar-refractivity contribution is -0.137. The Morgan fingerprint density at radius 2 is 2.06 bits per heavy atom. The molecule has 0 saturated carbocycles. The molecule has 0 amide bonds. The Labute approximate surface area is 102 Å². The molecule has 1 aromatic carbocycles. The third-order valence-corrected chi connectivity index (χ3v) is 3.08. The van der Waals surface area contributed by atoms with Crippen molar-refractivity contribution < 1.29 is 13.2 Å². The topological polar surface area (TPSA) is 43.8 Å². The number of nitrogens with zero attached hydrogens (tertiary/aromatic N) is 2. The summed E-state index contributed by atoms with van der Waals surface area (Å²) in [6.45, 7) is 3.94. The maximum atomic E-state index is 12.6. The van der Waals surface area contributed by atoms with E-state index in [1.165, 1.54) is 6.07 Å². The van der Waals surface area contributed by atoms with E-state index in [1.807, 2.05) is 13.8 Å². The number of fused-ring (bicyclic) bond motifs is 1. The molecule has 1 heterocycles. The van der Waals surface area contributed by atoms with Crippen molar-refractivity contribution in [2.75, 3.05) is 5.73 Å². The molecule has 1 unspecified atom stereocenters. The molecule has 0 aliphatic carbocycles. The number of halogens is 3. The van der Waals surface area contributed by atoms with Crippen LogP contribution in [0, 0.1) is 0 Å². The third-order valence-electron chi connectivity index (χ3n) is 3.08. The normalized spacial score (nSPS) is 14.1. The average Bonchev–Trinajstić information content (AvgIpc) is 2.61. The second-order valence-corrected chi connectivity index (χ2v) is 4.30. The second-order valence-electron chi connectivity index (χ2n) is 4.30. The molecule has 0 fully saturated rings. The van der Waals surface area contributed by atoms with Gasteiger partial charge < -0.3 is 10.3 Å². The van der Waals surface area contributed by atoms with Gasteiger partial charge in [-0.05, 0) is 31.5 Å². The van der Waals surface area contributed by atoms with Crippen LogP contribution in [0.25, 0.3) is 11.0 Å². The minimum atomic E-state index is -4.36. The summed E-state index contributed by atoms with van der Waals surface area (Å²) < 4.78 is 39.5. The van der Waals surface area contributed by atoms with Crippen LogP contribution >= 0.6 is 0 Å². The Hall–Kier alpha value is -1.72. The SMILES string of the molecule is CCC(C)n1c(N)nc2cc(C(F)(F)F)ccc21. The second kappa shape index (κ2) is 4.19. The minimum Gasteiger partial charge on any atom is -0.369 e. The monoisotopic (exact) mass is 257 g/mol. The predicted octanol–water partition coefficient (Wildman–Crippen LogP) is 3.61. The highest BCUT2D eigenvalue weighted by Gasteiger charge is 2.31. The van der Waals surface area contributed by atoms with Gasteiger partial charge >= 0.3 is 6.18 Å². The molecule has 0 saturated heterocycles. The van der Waals surface area contributed by atoms with Crippen LogP contribution in [0.3, 0.4) is 0 Å². The van der Waals surface area contributed by atoms with Gasteiger partial charge in [-0.2, -0.15) is 13.2 Å². The van der Waals surface area contributed by atoms with Gasteiger partial charge in [-0.15, -0.1) is 0 Å². The van der Waals surface area contributed by atoms with Gasteiger partial charge in [0.1, 0.15) is 0 Å². The largest absolute Gasteiger partial charge is 0.416 e. The Bertz CT molecular complexity index is 572. The first-order chi connectivity index (χ1) is 8.34. The molecule has 2 rings (SSSR count). The van der Waals surface area contributed by atoms with Gasteiger partial charge in [0.05, 0.1) is 16.6 Å². The third kappa shape index (κ3) is 2.02. The van der Waals surface area contributed by atoms with Crippen molar-refractivity contribution >= 4 is 17.0 Å². The average molecular weight is 257 g/mol. The number of rotatable bonds is 2. The van der Waals surface area contributed by atoms with Crippen LogP contribution in [-0.4, -0.2) is 9.55 Å². The van der Waals surface area contributed by atoms with E-state index in [9.17, 15) is 13.2 Å². The maximum Gasteiger partial charge on any atom is 0.416 e. The molecule has 2 aromatic rings. The molecule has 98 valence electrons. The van der Waals surface area contributed by atoms with Crippen LogP contribution in [0.2, 0.25) is 0 Å². The molecule has 0 radical (unpaired) electrons. The quantitative estimate of drug-likeness (QED) is 0.893. The fourth-order valence-corrected chi connectivity index (χ4v) is 1.94. The van der Waals surface area contributed by atoms with E-state index in [2.05, 4.69) is 4.98 Å². The summed E-state index contributed by atoms with van der Waals surface area (Å²) in [6, 6.07) is 3.62. The van der Waals surface area contributed by atoms with Gasteiger partial charge in [0.25, 0.3) is 0 Å². The Balaban J connectivity index is 2.62. The summed E-state index contributed by atoms with van der Waals surface area (Å²) in [7, 11) is 0. The summed E-state index contributed by atoms with van der Waals surface area (Å²) in [5, 5.41) is 0. The number of nitrogens with two attached hydrogens (primary N) is 1. The van der Waals surface area contributed by atoms with E-state index < -0.39 is 11.7 Å². The molecule has 0 aliphatic heterocycles. The first-order valence-electron chi connectivity index (χ1n) is 5.69. The fourth-order valence-electron chi connectivity index (χ4n) is 1.94. The highest BCUT2D eigenvalue weighted by atomic mass is 19.4. The zero-order chi connectivity index (χ0) is 13.5. The van der Waals surface area contributed by atoms with Gasteiger partial charge in [-0.25, -0.2) is 4.98 Å². The van der Waals surface area contributed by atoms with E-state index in [4.69, 9.17) is 5.73 Å². The summed E-state index contributed by atoms with van der Waals surface area (Å²) in [6.07, 6.45) is -3.53. The van der Waals surface area contributed by atoms with Crippen LogP contribution in [-0.2, 0) is 6.18 Å². The standard InChI is InChI=1S/C12H14F3N3/c1-3-7(2)18-10-5-4-8(12(13,14)15)6-9(10)17-11(18)16/h4-7H,3H2,1-2H3,(H2,16,17). The van der Waals surface area contributed by atoms with E-state index in [-0.39, 0.29) is 17.5 Å². The van der Waals surface area contributed by atoms with Gasteiger partial charge in [-0.3, -0.25) is 0 Å². The molecular weight excluding hydrogens is 243 g/mol. The molecular formula is C12H14F3N3. The van der Waals surface area contributed by atoms with Crippen molar-refractivity contribution in [2.45, 2.75) is 32.5 Å². The Morgan fingerprint density at radius 1 is 1.39 bits per heavy atom. The van der Waals surface area contributed by atoms with E-state index in [1.54, 1.807) is 4.57 Å². The first-order valence-corrected chi connectivity index (χ1v) is 5.69. The van der Waals surface area contributed by atoms with Crippen molar-refractivity contribution in [2.24, 2.45) is 0 Å². The molecule has 1 atom stereocenters. The van der Waals surface area contributed by atoms with Crippen LogP contribution in [0.1, 0.15) is 31.9 Å². The lowest BCUT2D eigenvalue weighted by Crippen LogP contribution is -2.08. The van der Waals surface area contributed by atoms with E-state index in [0.717, 1.165) is 18.6 Å². The number of hydrogen-bond donors (Lipinski definition) is 1. The van der Waals surface area contributed by atoms with Crippen LogP contribution in [0.5, 0.6) is 0 Å². The molecule has 0 spiro atoms. The van der Waals surface area contributed by atoms with Gasteiger partial charge in [0.2, 0.25) is 5.95 Å². The highest BCUT2D eigenvalue weighted by molar-refractivity contribution is 5.79. The smallest absolute Gasteiger partial charge is 0.369 e. The highest BCUT2D eigenvalue weighted by Crippen LogP contribution is 2.32. The van der Waals surface area contributed by atoms with E-state index >= 15 is 0 Å². The number of hydrogen-bond acceptors (Lipinski definition) is 2. The number of anilines is 1. The molecule has 0 bridgehead atoms. The zero-order valence-corrected chi connectivity index (χ0v) is 10.1. The molecule has 1 aromatic heterocycles. The van der Waals surface area contributed by atoms with Crippen molar-refractivity contribution in [1.29, 1.82) is 0 Å². The summed E-state index contributed by atoms with van der Waals surface area (Å²) in [5.74, 6) is 0.249. The fraction of sp³-hybridized carbons (Fsp3) is 0.417. The van der Waals surface area contributed by atoms with E-state index in [0.29, 0.717) is 5.52 Å². The lowest BCUT2D eigenvalue weighted by atomic mass is 10.2. The zero-order valence-electron chi connectivity index (χ0n) is 10.1. The Morgan fingerprint density at radius 3 is 2.61 bits per heavy atom. The number of aromatic nitrogens is 2. The molecule has 0 aliphatic rings. The summed E-state index contributed by atoms with van der Waals surface area (Å²) in [5.41, 5.74) is 5.97. The summed E-state index contributed by atoms with van der Waals surface area (Å²) >= 11 is 0.